The van der Waals surface area contributed by atoms with Crippen molar-refractivity contribution in [3.05, 3.63) is 24.3 Å². The average Bonchev–Trinajstić information content (AvgIpc) is 3.15. The first kappa shape index (κ1) is 22.2. The molecule has 2 rings (SSSR count). The first-order valence-corrected chi connectivity index (χ1v) is 11.5. The van der Waals surface area contributed by atoms with E-state index in [1.807, 2.05) is 6.92 Å². The lowest BCUT2D eigenvalue weighted by Crippen LogP contribution is -2.35. The summed E-state index contributed by atoms with van der Waals surface area (Å²) in [5, 5.41) is 8.02. The number of carbonyl (C=O) groups is 2. The predicted molar refractivity (Wildman–Crippen MR) is 109 cm³/mol. The number of urea groups is 1. The van der Waals surface area contributed by atoms with Crippen molar-refractivity contribution in [2.45, 2.75) is 45.1 Å². The Kier molecular flexibility index (Phi) is 8.72. The van der Waals surface area contributed by atoms with E-state index in [1.165, 1.54) is 0 Å². The van der Waals surface area contributed by atoms with Crippen molar-refractivity contribution in [2.24, 2.45) is 0 Å². The smallest absolute Gasteiger partial charge is 0.319 e. The van der Waals surface area contributed by atoms with Gasteiger partial charge in [0, 0.05) is 24.5 Å². The minimum Gasteiger partial charge on any atom is -0.376 e. The number of benzene rings is 1. The van der Waals surface area contributed by atoms with E-state index in [1.54, 1.807) is 24.3 Å². The Bertz CT molecular complexity index is 743. The molecule has 156 valence electrons. The third-order valence-electron chi connectivity index (χ3n) is 4.35. The number of carbonyl (C=O) groups excluding carboxylic acids is 2. The van der Waals surface area contributed by atoms with E-state index in [0.29, 0.717) is 24.3 Å². The molecular formula is C19H29N3O5S. The van der Waals surface area contributed by atoms with Crippen LogP contribution in [0.2, 0.25) is 0 Å². The molecule has 1 aromatic carbocycles. The van der Waals surface area contributed by atoms with Crippen molar-refractivity contribution in [3.8, 4) is 0 Å². The first-order chi connectivity index (χ1) is 13.4. The summed E-state index contributed by atoms with van der Waals surface area (Å²) in [5.74, 6) is -1.06. The highest BCUT2D eigenvalue weighted by Crippen LogP contribution is 2.14. The molecule has 1 fully saturated rings. The van der Waals surface area contributed by atoms with Gasteiger partial charge in [-0.1, -0.05) is 19.8 Å². The van der Waals surface area contributed by atoms with Gasteiger partial charge in [0.25, 0.3) is 0 Å². The maximum Gasteiger partial charge on any atom is 0.319 e. The van der Waals surface area contributed by atoms with Gasteiger partial charge in [0.2, 0.25) is 5.91 Å². The summed E-state index contributed by atoms with van der Waals surface area (Å²) >= 11 is 0. The summed E-state index contributed by atoms with van der Waals surface area (Å²) in [6.45, 7) is 3.19. The van der Waals surface area contributed by atoms with Gasteiger partial charge in [0.1, 0.15) is 5.75 Å². The van der Waals surface area contributed by atoms with Crippen molar-refractivity contribution >= 4 is 33.2 Å². The molecule has 1 aliphatic rings. The fourth-order valence-electron chi connectivity index (χ4n) is 2.86. The molecule has 8 nitrogen and oxygen atoms in total. The standard InChI is InChI=1S/C19H29N3O5S/c1-2-3-4-12-28(25,26)14-18(23)21-15-7-9-16(10-8-15)22-19(24)20-13-17-6-5-11-27-17/h7-10,17H,2-6,11-14H2,1H3,(H,21,23)(H2,20,22,24). The van der Waals surface area contributed by atoms with Crippen LogP contribution in [-0.4, -0.2) is 51.1 Å². The van der Waals surface area contributed by atoms with E-state index in [2.05, 4.69) is 16.0 Å². The van der Waals surface area contributed by atoms with Gasteiger partial charge in [-0.05, 0) is 43.5 Å². The number of amides is 3. The van der Waals surface area contributed by atoms with Crippen LogP contribution >= 0.6 is 0 Å². The van der Waals surface area contributed by atoms with Crippen LogP contribution in [0.4, 0.5) is 16.2 Å². The minimum atomic E-state index is -3.40. The molecule has 3 amide bonds. The van der Waals surface area contributed by atoms with Gasteiger partial charge in [-0.25, -0.2) is 13.2 Å². The Morgan fingerprint density at radius 2 is 1.79 bits per heavy atom. The van der Waals surface area contributed by atoms with E-state index in [0.717, 1.165) is 32.3 Å². The lowest BCUT2D eigenvalue weighted by atomic mass is 10.2. The summed E-state index contributed by atoms with van der Waals surface area (Å²) in [6.07, 6.45) is 4.36. The number of unbranched alkanes of at least 4 members (excludes halogenated alkanes) is 2. The van der Waals surface area contributed by atoms with Crippen LogP contribution in [-0.2, 0) is 19.4 Å². The average molecular weight is 412 g/mol. The summed E-state index contributed by atoms with van der Waals surface area (Å²) in [4.78, 5) is 23.8. The predicted octanol–water partition coefficient (Wildman–Crippen LogP) is 2.53. The highest BCUT2D eigenvalue weighted by atomic mass is 32.2. The molecule has 1 atom stereocenters. The fourth-order valence-corrected chi connectivity index (χ4v) is 4.12. The molecule has 0 radical (unpaired) electrons. The van der Waals surface area contributed by atoms with Crippen molar-refractivity contribution in [1.82, 2.24) is 5.32 Å². The molecule has 1 aliphatic heterocycles. The van der Waals surface area contributed by atoms with E-state index in [-0.39, 0.29) is 17.9 Å². The van der Waals surface area contributed by atoms with E-state index in [9.17, 15) is 18.0 Å². The number of hydrogen-bond acceptors (Lipinski definition) is 5. The van der Waals surface area contributed by atoms with Gasteiger partial charge in [-0.15, -0.1) is 0 Å². The third-order valence-corrected chi connectivity index (χ3v) is 5.96. The second-order valence-electron chi connectivity index (χ2n) is 6.89. The Morgan fingerprint density at radius 1 is 1.11 bits per heavy atom. The molecule has 1 aromatic rings. The normalized spacial score (nSPS) is 16.5. The highest BCUT2D eigenvalue weighted by molar-refractivity contribution is 7.92. The molecule has 9 heteroatoms. The van der Waals surface area contributed by atoms with E-state index >= 15 is 0 Å². The molecule has 1 heterocycles. The summed E-state index contributed by atoms with van der Waals surface area (Å²) < 4.78 is 29.3. The van der Waals surface area contributed by atoms with E-state index in [4.69, 9.17) is 4.74 Å². The Morgan fingerprint density at radius 3 is 2.39 bits per heavy atom. The molecule has 0 saturated carbocycles. The van der Waals surface area contributed by atoms with Crippen molar-refractivity contribution in [3.63, 3.8) is 0 Å². The fraction of sp³-hybridized carbons (Fsp3) is 0.579. The molecule has 3 N–H and O–H groups in total. The summed E-state index contributed by atoms with van der Waals surface area (Å²) in [6, 6.07) is 6.16. The molecule has 28 heavy (non-hydrogen) atoms. The number of anilines is 2. The first-order valence-electron chi connectivity index (χ1n) is 9.65. The van der Waals surface area contributed by atoms with Gasteiger partial charge >= 0.3 is 6.03 Å². The summed E-state index contributed by atoms with van der Waals surface area (Å²) in [7, 11) is -3.40. The van der Waals surface area contributed by atoms with Crippen LogP contribution in [0.5, 0.6) is 0 Å². The maximum absolute atomic E-state index is 12.0. The van der Waals surface area contributed by atoms with E-state index < -0.39 is 21.5 Å². The lowest BCUT2D eigenvalue weighted by molar-refractivity contribution is -0.113. The van der Waals surface area contributed by atoms with Gasteiger partial charge in [-0.2, -0.15) is 0 Å². The molecular weight excluding hydrogens is 382 g/mol. The molecule has 0 spiro atoms. The molecule has 1 saturated heterocycles. The Balaban J connectivity index is 1.75. The molecule has 1 unspecified atom stereocenters. The van der Waals surface area contributed by atoms with Crippen molar-refractivity contribution in [2.75, 3.05) is 35.3 Å². The van der Waals surface area contributed by atoms with Gasteiger partial charge in [0.15, 0.2) is 9.84 Å². The van der Waals surface area contributed by atoms with Crippen LogP contribution < -0.4 is 16.0 Å². The zero-order valence-corrected chi connectivity index (χ0v) is 17.0. The van der Waals surface area contributed by atoms with Crippen LogP contribution in [0.1, 0.15) is 39.0 Å². The quantitative estimate of drug-likeness (QED) is 0.512. The second kappa shape index (κ2) is 11.0. The third kappa shape index (κ3) is 8.26. The van der Waals surface area contributed by atoms with Gasteiger partial charge in [0.05, 0.1) is 11.9 Å². The Labute approximate surface area is 166 Å². The molecule has 0 aliphatic carbocycles. The number of nitrogens with one attached hydrogen (secondary N) is 3. The van der Waals surface area contributed by atoms with Crippen molar-refractivity contribution < 1.29 is 22.7 Å². The van der Waals surface area contributed by atoms with Gasteiger partial charge in [-0.3, -0.25) is 4.79 Å². The van der Waals surface area contributed by atoms with Crippen LogP contribution in [0.25, 0.3) is 0 Å². The SMILES string of the molecule is CCCCCS(=O)(=O)CC(=O)Nc1ccc(NC(=O)NCC2CCCO2)cc1. The monoisotopic (exact) mass is 411 g/mol. The second-order valence-corrected chi connectivity index (χ2v) is 9.08. The van der Waals surface area contributed by atoms with Crippen LogP contribution in [0.15, 0.2) is 24.3 Å². The number of rotatable bonds is 10. The number of ether oxygens (including phenoxy) is 1. The zero-order chi connectivity index (χ0) is 20.4. The molecule has 0 aromatic heterocycles. The topological polar surface area (TPSA) is 114 Å². The summed E-state index contributed by atoms with van der Waals surface area (Å²) in [5.41, 5.74) is 1.04. The number of sulfone groups is 1. The largest absolute Gasteiger partial charge is 0.376 e. The highest BCUT2D eigenvalue weighted by Gasteiger charge is 2.17. The Hall–Kier alpha value is -2.13. The van der Waals surface area contributed by atoms with Crippen LogP contribution in [0, 0.1) is 0 Å². The number of hydrogen-bond donors (Lipinski definition) is 3. The van der Waals surface area contributed by atoms with Crippen molar-refractivity contribution in [1.29, 1.82) is 0 Å². The zero-order valence-electron chi connectivity index (χ0n) is 16.2. The minimum absolute atomic E-state index is 0.0259. The lowest BCUT2D eigenvalue weighted by Gasteiger charge is -2.12. The molecule has 0 bridgehead atoms. The maximum atomic E-state index is 12.0. The van der Waals surface area contributed by atoms with Crippen LogP contribution in [0.3, 0.4) is 0 Å². The van der Waals surface area contributed by atoms with Gasteiger partial charge < -0.3 is 20.7 Å².